The van der Waals surface area contributed by atoms with Crippen LogP contribution in [-0.2, 0) is 24.3 Å². The fourth-order valence-electron chi connectivity index (χ4n) is 3.11. The molecule has 2 aliphatic heterocycles. The maximum Gasteiger partial charge on any atom is 0.243 e. The number of nitrogens with one attached hydrogen (secondary N) is 2. The first-order chi connectivity index (χ1) is 13.0. The van der Waals surface area contributed by atoms with E-state index >= 15 is 0 Å². The summed E-state index contributed by atoms with van der Waals surface area (Å²) in [7, 11) is -3.66. The fourth-order valence-corrected chi connectivity index (χ4v) is 4.54. The standard InChI is InChI=1S/C17H26N4O5S.ClH/c18-11-17(22)20-16-10-14(27(23,24)21-5-8-25-9-6-21)3-4-15(16)19-12-13-2-1-7-26-13;/h3-4,10,13,19H,1-2,5-9,11-12,18H2,(H,20,22);1H. The number of hydrogen-bond donors (Lipinski definition) is 3. The monoisotopic (exact) mass is 434 g/mol. The largest absolute Gasteiger partial charge is 0.381 e. The zero-order chi connectivity index (χ0) is 19.3. The molecule has 158 valence electrons. The van der Waals surface area contributed by atoms with Gasteiger partial charge >= 0.3 is 0 Å². The molecule has 28 heavy (non-hydrogen) atoms. The van der Waals surface area contributed by atoms with E-state index in [1.807, 2.05) is 0 Å². The maximum atomic E-state index is 12.9. The zero-order valence-electron chi connectivity index (χ0n) is 15.6. The lowest BCUT2D eigenvalue weighted by Gasteiger charge is -2.26. The first kappa shape index (κ1) is 22.9. The minimum atomic E-state index is -3.66. The Labute approximate surface area is 171 Å². The van der Waals surface area contributed by atoms with Gasteiger partial charge in [0.25, 0.3) is 0 Å². The van der Waals surface area contributed by atoms with Crippen LogP contribution in [0.25, 0.3) is 0 Å². The van der Waals surface area contributed by atoms with Gasteiger partial charge in [0, 0.05) is 26.2 Å². The van der Waals surface area contributed by atoms with Crippen molar-refractivity contribution in [3.05, 3.63) is 18.2 Å². The van der Waals surface area contributed by atoms with Gasteiger partial charge in [-0.15, -0.1) is 12.4 Å². The molecule has 1 atom stereocenters. The number of ether oxygens (including phenoxy) is 2. The van der Waals surface area contributed by atoms with Crippen LogP contribution < -0.4 is 16.4 Å². The third kappa shape index (κ3) is 5.56. The first-order valence-electron chi connectivity index (χ1n) is 9.08. The Bertz CT molecular complexity index is 765. The Balaban J connectivity index is 0.00000280. The van der Waals surface area contributed by atoms with Gasteiger partial charge < -0.3 is 25.8 Å². The highest BCUT2D eigenvalue weighted by molar-refractivity contribution is 7.89. The minimum Gasteiger partial charge on any atom is -0.381 e. The molecule has 3 rings (SSSR count). The van der Waals surface area contributed by atoms with Crippen LogP contribution in [0.2, 0.25) is 0 Å². The zero-order valence-corrected chi connectivity index (χ0v) is 17.2. The van der Waals surface area contributed by atoms with Crippen molar-refractivity contribution in [2.24, 2.45) is 5.73 Å². The molecule has 0 aliphatic carbocycles. The van der Waals surface area contributed by atoms with Gasteiger partial charge in [0.2, 0.25) is 15.9 Å². The van der Waals surface area contributed by atoms with E-state index in [0.29, 0.717) is 44.2 Å². The van der Waals surface area contributed by atoms with Crippen LogP contribution >= 0.6 is 12.4 Å². The molecule has 2 fully saturated rings. The van der Waals surface area contributed by atoms with E-state index in [1.165, 1.54) is 10.4 Å². The van der Waals surface area contributed by atoms with E-state index in [2.05, 4.69) is 10.6 Å². The highest BCUT2D eigenvalue weighted by atomic mass is 35.5. The number of nitrogens with two attached hydrogens (primary N) is 1. The molecule has 1 aromatic rings. The Kier molecular flexibility index (Phi) is 8.47. The van der Waals surface area contributed by atoms with E-state index in [1.54, 1.807) is 12.1 Å². The second-order valence-corrected chi connectivity index (χ2v) is 8.43. The van der Waals surface area contributed by atoms with E-state index < -0.39 is 15.9 Å². The first-order valence-corrected chi connectivity index (χ1v) is 10.5. The van der Waals surface area contributed by atoms with Crippen LogP contribution in [0.4, 0.5) is 11.4 Å². The highest BCUT2D eigenvalue weighted by Gasteiger charge is 2.27. The van der Waals surface area contributed by atoms with Crippen LogP contribution in [0.1, 0.15) is 12.8 Å². The third-order valence-electron chi connectivity index (χ3n) is 4.60. The van der Waals surface area contributed by atoms with Gasteiger partial charge in [-0.2, -0.15) is 4.31 Å². The minimum absolute atomic E-state index is 0. The van der Waals surface area contributed by atoms with Gasteiger partial charge in [0.15, 0.2) is 0 Å². The molecule has 1 amide bonds. The van der Waals surface area contributed by atoms with Crippen LogP contribution in [0, 0.1) is 0 Å². The number of hydrogen-bond acceptors (Lipinski definition) is 7. The molecule has 2 saturated heterocycles. The molecule has 2 heterocycles. The number of nitrogens with zero attached hydrogens (tertiary/aromatic N) is 1. The molecule has 4 N–H and O–H groups in total. The molecule has 0 saturated carbocycles. The number of halogens is 1. The van der Waals surface area contributed by atoms with Gasteiger partial charge in [0.05, 0.1) is 42.1 Å². The van der Waals surface area contributed by atoms with E-state index in [9.17, 15) is 13.2 Å². The smallest absolute Gasteiger partial charge is 0.243 e. The molecule has 0 bridgehead atoms. The summed E-state index contributed by atoms with van der Waals surface area (Å²) in [6.07, 6.45) is 2.11. The molecule has 9 nitrogen and oxygen atoms in total. The number of rotatable bonds is 7. The average molecular weight is 435 g/mol. The molecular formula is C17H27ClN4O5S. The number of sulfonamides is 1. The molecule has 2 aliphatic rings. The number of carbonyl (C=O) groups is 1. The van der Waals surface area contributed by atoms with Gasteiger partial charge in [-0.3, -0.25) is 4.79 Å². The lowest BCUT2D eigenvalue weighted by molar-refractivity contribution is -0.114. The molecule has 0 radical (unpaired) electrons. The predicted molar refractivity (Wildman–Crippen MR) is 108 cm³/mol. The SMILES string of the molecule is Cl.NCC(=O)Nc1cc(S(=O)(=O)N2CCOCC2)ccc1NCC1CCCO1. The number of benzene rings is 1. The Morgan fingerprint density at radius 2 is 1.96 bits per heavy atom. The molecule has 0 aromatic heterocycles. The molecular weight excluding hydrogens is 408 g/mol. The number of carbonyl (C=O) groups excluding carboxylic acids is 1. The lowest BCUT2D eigenvalue weighted by atomic mass is 10.2. The highest BCUT2D eigenvalue weighted by Crippen LogP contribution is 2.28. The molecule has 0 spiro atoms. The van der Waals surface area contributed by atoms with Gasteiger partial charge in [-0.05, 0) is 31.0 Å². The van der Waals surface area contributed by atoms with Crippen LogP contribution in [-0.4, -0.2) is 70.7 Å². The Morgan fingerprint density at radius 3 is 2.61 bits per heavy atom. The second-order valence-electron chi connectivity index (χ2n) is 6.49. The number of anilines is 2. The van der Waals surface area contributed by atoms with Crippen molar-refractivity contribution in [3.63, 3.8) is 0 Å². The molecule has 1 aromatic carbocycles. The summed E-state index contributed by atoms with van der Waals surface area (Å²) in [4.78, 5) is 11.9. The summed E-state index contributed by atoms with van der Waals surface area (Å²) in [6.45, 7) is 2.51. The Hall–Kier alpha value is -1.43. The normalized spacial score (nSPS) is 20.4. The van der Waals surface area contributed by atoms with Gasteiger partial charge in [-0.1, -0.05) is 0 Å². The van der Waals surface area contributed by atoms with Crippen molar-refractivity contribution in [2.45, 2.75) is 23.8 Å². The van der Waals surface area contributed by atoms with Crippen molar-refractivity contribution in [3.8, 4) is 0 Å². The number of morpholine rings is 1. The second kappa shape index (κ2) is 10.4. The Morgan fingerprint density at radius 1 is 1.21 bits per heavy atom. The van der Waals surface area contributed by atoms with Crippen LogP contribution in [0.5, 0.6) is 0 Å². The number of amides is 1. The predicted octanol–water partition coefficient (Wildman–Crippen LogP) is 0.617. The van der Waals surface area contributed by atoms with Crippen molar-refractivity contribution in [1.82, 2.24) is 4.31 Å². The van der Waals surface area contributed by atoms with Crippen LogP contribution in [0.3, 0.4) is 0 Å². The summed E-state index contributed by atoms with van der Waals surface area (Å²) >= 11 is 0. The molecule has 1 unspecified atom stereocenters. The van der Waals surface area contributed by atoms with Gasteiger partial charge in [-0.25, -0.2) is 8.42 Å². The summed E-state index contributed by atoms with van der Waals surface area (Å²) in [5.74, 6) is -0.393. The summed E-state index contributed by atoms with van der Waals surface area (Å²) in [5, 5.41) is 5.91. The van der Waals surface area contributed by atoms with Crippen molar-refractivity contribution < 1.29 is 22.7 Å². The third-order valence-corrected chi connectivity index (χ3v) is 6.50. The topological polar surface area (TPSA) is 123 Å². The van der Waals surface area contributed by atoms with Crippen LogP contribution in [0.15, 0.2) is 23.1 Å². The van der Waals surface area contributed by atoms with E-state index in [4.69, 9.17) is 15.2 Å². The average Bonchev–Trinajstić information content (AvgIpc) is 3.21. The summed E-state index contributed by atoms with van der Waals surface area (Å²) in [6, 6.07) is 4.67. The van der Waals surface area contributed by atoms with E-state index in [0.717, 1.165) is 19.4 Å². The quantitative estimate of drug-likeness (QED) is 0.574. The molecule has 11 heteroatoms. The lowest BCUT2D eigenvalue weighted by Crippen LogP contribution is -2.40. The van der Waals surface area contributed by atoms with Crippen molar-refractivity contribution in [2.75, 3.05) is 56.6 Å². The van der Waals surface area contributed by atoms with Gasteiger partial charge in [0.1, 0.15) is 0 Å². The van der Waals surface area contributed by atoms with Crippen molar-refractivity contribution >= 4 is 39.7 Å². The fraction of sp³-hybridized carbons (Fsp3) is 0.588. The van der Waals surface area contributed by atoms with E-state index in [-0.39, 0.29) is 30.0 Å². The summed E-state index contributed by atoms with van der Waals surface area (Å²) < 4.78 is 37.9. The maximum absolute atomic E-state index is 12.9. The van der Waals surface area contributed by atoms with Crippen molar-refractivity contribution in [1.29, 1.82) is 0 Å². The summed E-state index contributed by atoms with van der Waals surface area (Å²) in [5.41, 5.74) is 6.41.